The van der Waals surface area contributed by atoms with Crippen LogP contribution in [-0.4, -0.2) is 29.0 Å². The molecule has 0 aromatic heterocycles. The summed E-state index contributed by atoms with van der Waals surface area (Å²) in [5.74, 6) is -1.52. The third-order valence-electron chi connectivity index (χ3n) is 2.04. The van der Waals surface area contributed by atoms with Crippen LogP contribution in [0.1, 0.15) is 33.6 Å². The van der Waals surface area contributed by atoms with Crippen molar-refractivity contribution in [2.75, 3.05) is 0 Å². The van der Waals surface area contributed by atoms with Gasteiger partial charge < -0.3 is 9.84 Å². The second-order valence-corrected chi connectivity index (χ2v) is 3.86. The maximum Gasteiger partial charge on any atom is 0.415 e. The molecule has 0 aromatic carbocycles. The molecule has 6 heteroatoms. The number of halogens is 3. The van der Waals surface area contributed by atoms with Gasteiger partial charge in [-0.15, -0.1) is 0 Å². The normalized spacial score (nSPS) is 15.1. The molecule has 90 valence electrons. The Kier molecular flexibility index (Phi) is 4.58. The van der Waals surface area contributed by atoms with Gasteiger partial charge in [0.1, 0.15) is 0 Å². The maximum atomic E-state index is 12.4. The highest BCUT2D eigenvalue weighted by molar-refractivity contribution is 5.67. The van der Waals surface area contributed by atoms with Crippen molar-refractivity contribution in [1.82, 2.24) is 0 Å². The van der Waals surface area contributed by atoms with E-state index >= 15 is 0 Å². The van der Waals surface area contributed by atoms with Gasteiger partial charge >= 0.3 is 12.1 Å². The number of hydrogen-bond donors (Lipinski definition) is 1. The highest BCUT2D eigenvalue weighted by Gasteiger charge is 2.44. The molecule has 0 saturated heterocycles. The minimum Gasteiger partial charge on any atom is -0.481 e. The first-order chi connectivity index (χ1) is 6.58. The second kappa shape index (κ2) is 4.83. The number of ether oxygens (including phenoxy) is 1. The van der Waals surface area contributed by atoms with Crippen LogP contribution < -0.4 is 0 Å². The van der Waals surface area contributed by atoms with E-state index in [9.17, 15) is 18.0 Å². The predicted molar refractivity (Wildman–Crippen MR) is 47.6 cm³/mol. The molecular weight excluding hydrogens is 213 g/mol. The average Bonchev–Trinajstić information content (AvgIpc) is 2.00. The number of aliphatic carboxylic acids is 1. The molecule has 0 aromatic rings. The van der Waals surface area contributed by atoms with Crippen LogP contribution in [0.3, 0.4) is 0 Å². The van der Waals surface area contributed by atoms with Crippen LogP contribution in [0.5, 0.6) is 0 Å². The summed E-state index contributed by atoms with van der Waals surface area (Å²) >= 11 is 0. The van der Waals surface area contributed by atoms with Crippen molar-refractivity contribution in [3.63, 3.8) is 0 Å². The summed E-state index contributed by atoms with van der Waals surface area (Å²) in [6.45, 7) is 4.66. The number of carboxylic acids is 1. The molecule has 3 nitrogen and oxygen atoms in total. The van der Waals surface area contributed by atoms with Gasteiger partial charge in [0, 0.05) is 0 Å². The van der Waals surface area contributed by atoms with E-state index in [4.69, 9.17) is 9.84 Å². The molecule has 0 amide bonds. The average molecular weight is 228 g/mol. The van der Waals surface area contributed by atoms with Gasteiger partial charge in [0.15, 0.2) is 6.10 Å². The lowest BCUT2D eigenvalue weighted by molar-refractivity contribution is -0.250. The third-order valence-corrected chi connectivity index (χ3v) is 2.04. The van der Waals surface area contributed by atoms with E-state index in [0.29, 0.717) is 6.42 Å². The van der Waals surface area contributed by atoms with E-state index in [0.717, 1.165) is 0 Å². The minimum absolute atomic E-state index is 0.374. The maximum absolute atomic E-state index is 12.4. The lowest BCUT2D eigenvalue weighted by Gasteiger charge is -2.30. The standard InChI is InChI=1S/C9H15F3O3/c1-4-8(2,3)15-6(5-7(13)14)9(10,11)12/h6H,4-5H2,1-3H3,(H,13,14). The van der Waals surface area contributed by atoms with Crippen LogP contribution in [0, 0.1) is 0 Å². The number of rotatable bonds is 5. The lowest BCUT2D eigenvalue weighted by atomic mass is 10.1. The van der Waals surface area contributed by atoms with Crippen molar-refractivity contribution < 1.29 is 27.8 Å². The summed E-state index contributed by atoms with van der Waals surface area (Å²) in [6.07, 6.45) is -7.58. The number of carbonyl (C=O) groups is 1. The van der Waals surface area contributed by atoms with Crippen LogP contribution in [0.2, 0.25) is 0 Å². The monoisotopic (exact) mass is 228 g/mol. The second-order valence-electron chi connectivity index (χ2n) is 3.86. The minimum atomic E-state index is -4.65. The van der Waals surface area contributed by atoms with Crippen LogP contribution in [-0.2, 0) is 9.53 Å². The van der Waals surface area contributed by atoms with Gasteiger partial charge in [-0.25, -0.2) is 0 Å². The molecule has 0 rings (SSSR count). The van der Waals surface area contributed by atoms with Crippen molar-refractivity contribution in [3.8, 4) is 0 Å². The van der Waals surface area contributed by atoms with E-state index in [1.54, 1.807) is 6.92 Å². The summed E-state index contributed by atoms with van der Waals surface area (Å²) < 4.78 is 41.8. The SMILES string of the molecule is CCC(C)(C)OC(CC(=O)O)C(F)(F)F. The van der Waals surface area contributed by atoms with Crippen LogP contribution in [0.4, 0.5) is 13.2 Å². The molecule has 0 saturated carbocycles. The fourth-order valence-corrected chi connectivity index (χ4v) is 0.851. The topological polar surface area (TPSA) is 46.5 Å². The van der Waals surface area contributed by atoms with E-state index in [-0.39, 0.29) is 0 Å². The quantitative estimate of drug-likeness (QED) is 0.786. The summed E-state index contributed by atoms with van der Waals surface area (Å²) in [4.78, 5) is 10.3. The molecule has 0 aliphatic rings. The molecule has 0 bridgehead atoms. The Labute approximate surface area is 86.2 Å². The molecule has 0 heterocycles. The van der Waals surface area contributed by atoms with Gasteiger partial charge in [0.25, 0.3) is 0 Å². The van der Waals surface area contributed by atoms with Gasteiger partial charge in [0.2, 0.25) is 0 Å². The molecule has 0 fully saturated rings. The van der Waals surface area contributed by atoms with Crippen molar-refractivity contribution in [2.24, 2.45) is 0 Å². The Hall–Kier alpha value is -0.780. The molecular formula is C9H15F3O3. The first-order valence-electron chi connectivity index (χ1n) is 4.55. The molecule has 0 spiro atoms. The van der Waals surface area contributed by atoms with Gasteiger partial charge in [-0.05, 0) is 20.3 Å². The molecule has 1 N–H and O–H groups in total. The Morgan fingerprint density at radius 1 is 1.40 bits per heavy atom. The van der Waals surface area contributed by atoms with Crippen LogP contribution in [0.15, 0.2) is 0 Å². The molecule has 0 aliphatic carbocycles. The highest BCUT2D eigenvalue weighted by atomic mass is 19.4. The van der Waals surface area contributed by atoms with Crippen molar-refractivity contribution in [2.45, 2.75) is 51.5 Å². The van der Waals surface area contributed by atoms with Gasteiger partial charge in [-0.1, -0.05) is 6.92 Å². The van der Waals surface area contributed by atoms with E-state index < -0.39 is 30.3 Å². The van der Waals surface area contributed by atoms with Crippen molar-refractivity contribution in [1.29, 1.82) is 0 Å². The predicted octanol–water partition coefficient (Wildman–Crippen LogP) is 2.60. The Bertz CT molecular complexity index is 223. The van der Waals surface area contributed by atoms with Gasteiger partial charge in [-0.3, -0.25) is 4.79 Å². The Morgan fingerprint density at radius 2 is 1.87 bits per heavy atom. The molecule has 0 aliphatic heterocycles. The van der Waals surface area contributed by atoms with Crippen LogP contribution >= 0.6 is 0 Å². The number of hydrogen-bond acceptors (Lipinski definition) is 2. The first kappa shape index (κ1) is 14.2. The molecule has 1 atom stereocenters. The largest absolute Gasteiger partial charge is 0.481 e. The highest BCUT2D eigenvalue weighted by Crippen LogP contribution is 2.30. The lowest BCUT2D eigenvalue weighted by Crippen LogP contribution is -2.40. The van der Waals surface area contributed by atoms with Crippen LogP contribution in [0.25, 0.3) is 0 Å². The summed E-state index contributed by atoms with van der Waals surface area (Å²) in [5.41, 5.74) is -0.977. The Morgan fingerprint density at radius 3 is 2.13 bits per heavy atom. The third kappa shape index (κ3) is 5.61. The van der Waals surface area contributed by atoms with E-state index in [1.165, 1.54) is 13.8 Å². The smallest absolute Gasteiger partial charge is 0.415 e. The van der Waals surface area contributed by atoms with Gasteiger partial charge in [0.05, 0.1) is 12.0 Å². The van der Waals surface area contributed by atoms with Gasteiger partial charge in [-0.2, -0.15) is 13.2 Å². The Balaban J connectivity index is 4.59. The van der Waals surface area contributed by atoms with Crippen molar-refractivity contribution >= 4 is 5.97 Å². The molecule has 1 unspecified atom stereocenters. The zero-order valence-corrected chi connectivity index (χ0v) is 8.89. The van der Waals surface area contributed by atoms with E-state index in [1.807, 2.05) is 0 Å². The molecule has 0 radical (unpaired) electrons. The summed E-state index contributed by atoms with van der Waals surface area (Å²) in [6, 6.07) is 0. The number of alkyl halides is 3. The van der Waals surface area contributed by atoms with E-state index in [2.05, 4.69) is 0 Å². The fraction of sp³-hybridized carbons (Fsp3) is 0.889. The fourth-order valence-electron chi connectivity index (χ4n) is 0.851. The summed E-state index contributed by atoms with van der Waals surface area (Å²) in [5, 5.41) is 8.34. The van der Waals surface area contributed by atoms with Crippen molar-refractivity contribution in [3.05, 3.63) is 0 Å². The zero-order chi connectivity index (χ0) is 12.3. The molecule has 15 heavy (non-hydrogen) atoms. The first-order valence-corrected chi connectivity index (χ1v) is 4.55. The zero-order valence-electron chi connectivity index (χ0n) is 8.89. The number of carboxylic acid groups (broad SMARTS) is 1. The summed E-state index contributed by atoms with van der Waals surface area (Å²) in [7, 11) is 0.